The third-order valence-electron chi connectivity index (χ3n) is 14.6. The predicted molar refractivity (Wildman–Crippen MR) is 257 cm³/mol. The highest BCUT2D eigenvalue weighted by atomic mass is 32.1. The summed E-state index contributed by atoms with van der Waals surface area (Å²) in [6, 6.07) is 31.6. The van der Waals surface area contributed by atoms with Crippen molar-refractivity contribution in [3.8, 4) is 0 Å². The van der Waals surface area contributed by atoms with Crippen LogP contribution >= 0.6 is 11.3 Å². The van der Waals surface area contributed by atoms with Gasteiger partial charge < -0.3 is 4.90 Å². The third kappa shape index (κ3) is 5.62. The standard InChI is InChI=1S/C54H62BN3S/c1-31-24-43-45-48(56-31)58(34-19-16-32(17-20-34)49(2,3)4)46-36-25-33(50(5,6)7)18-23-44(36)59-47(46)55(45)41-27-39-40(54(14,15)30-53(39,12)13)28-42(41)57(43)35-21-22-37-38(26-35)52(10,11)29-51(37,8)9/h16-28H,29-30H2,1-15H3. The first-order valence-electron chi connectivity index (χ1n) is 22.0. The Morgan fingerprint density at radius 1 is 0.576 bits per heavy atom. The number of aryl methyl sites for hydroxylation is 1. The zero-order valence-electron chi connectivity index (χ0n) is 38.2. The molecule has 302 valence electrons. The van der Waals surface area contributed by atoms with E-state index < -0.39 is 0 Å². The van der Waals surface area contributed by atoms with Crippen LogP contribution in [-0.2, 0) is 32.5 Å². The van der Waals surface area contributed by atoms with Gasteiger partial charge >= 0.3 is 0 Å². The van der Waals surface area contributed by atoms with Crippen LogP contribution in [0.1, 0.15) is 149 Å². The van der Waals surface area contributed by atoms with Crippen molar-refractivity contribution in [1.82, 2.24) is 4.98 Å². The molecule has 0 bridgehead atoms. The Morgan fingerprint density at radius 2 is 1.14 bits per heavy atom. The minimum atomic E-state index is 0.0211. The molecule has 0 spiro atoms. The van der Waals surface area contributed by atoms with E-state index in [1.807, 2.05) is 11.3 Å². The van der Waals surface area contributed by atoms with Crippen LogP contribution in [0.15, 0.2) is 78.9 Å². The second kappa shape index (κ2) is 11.9. The first kappa shape index (κ1) is 38.8. The van der Waals surface area contributed by atoms with E-state index in [9.17, 15) is 0 Å². The average molecular weight is 796 g/mol. The van der Waals surface area contributed by atoms with Crippen LogP contribution in [0.2, 0.25) is 0 Å². The molecule has 4 aromatic carbocycles. The molecule has 0 unspecified atom stereocenters. The van der Waals surface area contributed by atoms with Crippen LogP contribution in [0.25, 0.3) is 10.1 Å². The second-order valence-electron chi connectivity index (χ2n) is 23.3. The molecule has 59 heavy (non-hydrogen) atoms. The molecule has 0 saturated heterocycles. The zero-order chi connectivity index (χ0) is 42.1. The first-order valence-corrected chi connectivity index (χ1v) is 22.8. The SMILES string of the molecule is Cc1cc2c3c(n1)N(c1ccc(C(C)(C)C)cc1)c1c(sc4ccc(C(C)(C)C)cc14)B3c1cc3c(cc1N2c1ccc2c(c1)C(C)(C)CC2(C)C)C(C)(C)CC3(C)C. The topological polar surface area (TPSA) is 19.4 Å². The molecule has 0 fully saturated rings. The monoisotopic (exact) mass is 795 g/mol. The van der Waals surface area contributed by atoms with Crippen molar-refractivity contribution < 1.29 is 0 Å². The maximum Gasteiger partial charge on any atom is 0.266 e. The fraction of sp³-hybridized carbons (Fsp3) is 0.426. The van der Waals surface area contributed by atoms with Crippen molar-refractivity contribution >= 4 is 78.1 Å². The Labute approximate surface area is 358 Å². The number of thiophene rings is 1. The maximum atomic E-state index is 5.62. The van der Waals surface area contributed by atoms with E-state index in [1.165, 1.54) is 81.9 Å². The van der Waals surface area contributed by atoms with Gasteiger partial charge in [-0.3, -0.25) is 4.90 Å². The van der Waals surface area contributed by atoms with E-state index in [1.54, 1.807) is 0 Å². The summed E-state index contributed by atoms with van der Waals surface area (Å²) in [4.78, 5) is 10.8. The molecule has 0 amide bonds. The number of anilines is 6. The summed E-state index contributed by atoms with van der Waals surface area (Å²) in [5.41, 5.74) is 19.1. The number of pyridine rings is 1. The molecule has 4 heterocycles. The van der Waals surface area contributed by atoms with Crippen LogP contribution in [0.4, 0.5) is 34.3 Å². The number of hydrogen-bond donors (Lipinski definition) is 0. The highest BCUT2D eigenvalue weighted by molar-refractivity contribution is 7.33. The van der Waals surface area contributed by atoms with Crippen molar-refractivity contribution in [1.29, 1.82) is 0 Å². The largest absolute Gasteiger partial charge is 0.311 e. The van der Waals surface area contributed by atoms with Gasteiger partial charge in [-0.25, -0.2) is 4.98 Å². The van der Waals surface area contributed by atoms with Gasteiger partial charge in [-0.1, -0.05) is 127 Å². The molecule has 2 aliphatic heterocycles. The molecule has 6 aromatic rings. The summed E-state index contributed by atoms with van der Waals surface area (Å²) in [6.45, 7) is 35.7. The first-order chi connectivity index (χ1) is 27.4. The number of aromatic nitrogens is 1. The lowest BCUT2D eigenvalue weighted by Gasteiger charge is -2.43. The lowest BCUT2D eigenvalue weighted by Crippen LogP contribution is -2.61. The van der Waals surface area contributed by atoms with Crippen LogP contribution in [-0.4, -0.2) is 11.7 Å². The van der Waals surface area contributed by atoms with Gasteiger partial charge in [-0.05, 0) is 145 Å². The van der Waals surface area contributed by atoms with Gasteiger partial charge in [0.2, 0.25) is 0 Å². The van der Waals surface area contributed by atoms with Gasteiger partial charge in [-0.15, -0.1) is 11.3 Å². The molecular weight excluding hydrogens is 733 g/mol. The number of rotatable bonds is 2. The average Bonchev–Trinajstić information content (AvgIpc) is 3.66. The van der Waals surface area contributed by atoms with Gasteiger partial charge in [-0.2, -0.15) is 0 Å². The Hall–Kier alpha value is -4.35. The predicted octanol–water partition coefficient (Wildman–Crippen LogP) is 13.2. The molecule has 0 atom stereocenters. The Bertz CT molecular complexity index is 2770. The second-order valence-corrected chi connectivity index (χ2v) is 24.4. The van der Waals surface area contributed by atoms with E-state index in [-0.39, 0.29) is 39.2 Å². The van der Waals surface area contributed by atoms with Crippen molar-refractivity contribution in [2.45, 2.75) is 149 Å². The lowest BCUT2D eigenvalue weighted by atomic mass is 9.36. The summed E-state index contributed by atoms with van der Waals surface area (Å²) >= 11 is 1.99. The van der Waals surface area contributed by atoms with Gasteiger partial charge in [0.1, 0.15) is 5.82 Å². The molecule has 0 N–H and O–H groups in total. The molecular formula is C54H62BN3S. The van der Waals surface area contributed by atoms with E-state index in [2.05, 4.69) is 193 Å². The molecule has 10 rings (SSSR count). The Balaban J connectivity index is 1.32. The van der Waals surface area contributed by atoms with Crippen molar-refractivity contribution in [3.63, 3.8) is 0 Å². The smallest absolute Gasteiger partial charge is 0.266 e. The molecule has 0 saturated carbocycles. The molecule has 4 aliphatic rings. The molecule has 2 aromatic heterocycles. The normalized spacial score (nSPS) is 19.1. The van der Waals surface area contributed by atoms with E-state index >= 15 is 0 Å². The zero-order valence-corrected chi connectivity index (χ0v) is 39.1. The van der Waals surface area contributed by atoms with Crippen LogP contribution in [0.3, 0.4) is 0 Å². The molecule has 5 heteroatoms. The number of benzene rings is 4. The van der Waals surface area contributed by atoms with Crippen molar-refractivity contribution in [2.75, 3.05) is 9.80 Å². The summed E-state index contributed by atoms with van der Waals surface area (Å²) in [5, 5.41) is 1.32. The highest BCUT2D eigenvalue weighted by Gasteiger charge is 2.50. The minimum absolute atomic E-state index is 0.0211. The van der Waals surface area contributed by atoms with E-state index in [4.69, 9.17) is 4.98 Å². The molecule has 2 aliphatic carbocycles. The lowest BCUT2D eigenvalue weighted by molar-refractivity contribution is 0.403. The van der Waals surface area contributed by atoms with Crippen LogP contribution in [0, 0.1) is 6.92 Å². The number of fused-ring (bicyclic) bond motifs is 8. The minimum Gasteiger partial charge on any atom is -0.311 e. The van der Waals surface area contributed by atoms with Gasteiger partial charge in [0.25, 0.3) is 6.71 Å². The van der Waals surface area contributed by atoms with E-state index in [0.29, 0.717) is 0 Å². The summed E-state index contributed by atoms with van der Waals surface area (Å²) < 4.78 is 2.75. The van der Waals surface area contributed by atoms with Crippen molar-refractivity contribution in [2.24, 2.45) is 0 Å². The quantitative estimate of drug-likeness (QED) is 0.163. The van der Waals surface area contributed by atoms with Crippen LogP contribution < -0.4 is 25.5 Å². The van der Waals surface area contributed by atoms with Crippen molar-refractivity contribution in [3.05, 3.63) is 118 Å². The number of nitrogens with zero attached hydrogens (tertiary/aromatic N) is 3. The van der Waals surface area contributed by atoms with Gasteiger partial charge in [0, 0.05) is 43.3 Å². The third-order valence-corrected chi connectivity index (χ3v) is 15.8. The fourth-order valence-corrected chi connectivity index (χ4v) is 13.4. The summed E-state index contributed by atoms with van der Waals surface area (Å²) in [6.07, 6.45) is 2.28. The van der Waals surface area contributed by atoms with E-state index in [0.717, 1.165) is 30.0 Å². The molecule has 0 radical (unpaired) electrons. The fourth-order valence-electron chi connectivity index (χ4n) is 12.1. The molecule has 3 nitrogen and oxygen atoms in total. The number of hydrogen-bond acceptors (Lipinski definition) is 4. The van der Waals surface area contributed by atoms with Gasteiger partial charge in [0.05, 0.1) is 5.69 Å². The Morgan fingerprint density at radius 3 is 1.76 bits per heavy atom. The summed E-state index contributed by atoms with van der Waals surface area (Å²) in [5.74, 6) is 1.06. The van der Waals surface area contributed by atoms with Crippen LogP contribution in [0.5, 0.6) is 0 Å². The Kier molecular flexibility index (Phi) is 7.85. The maximum absolute atomic E-state index is 5.62. The highest BCUT2D eigenvalue weighted by Crippen LogP contribution is 2.55. The van der Waals surface area contributed by atoms with Gasteiger partial charge in [0.15, 0.2) is 0 Å². The summed E-state index contributed by atoms with van der Waals surface area (Å²) in [7, 11) is 0.